The van der Waals surface area contributed by atoms with Gasteiger partial charge in [0.05, 0.1) is 13.2 Å². The minimum atomic E-state index is -2.29. The Morgan fingerprint density at radius 2 is 0.776 bits per heavy atom. The van der Waals surface area contributed by atoms with Crippen molar-refractivity contribution in [3.05, 3.63) is 24.3 Å². The zero-order valence-electron chi connectivity index (χ0n) is 39.4. The van der Waals surface area contributed by atoms with E-state index in [0.717, 1.165) is 24.9 Å². The van der Waals surface area contributed by atoms with Crippen LogP contribution in [0, 0.1) is 0 Å². The first kappa shape index (κ1) is 58.5. The summed E-state index contributed by atoms with van der Waals surface area (Å²) in [5.41, 5.74) is 0.577. The van der Waals surface area contributed by atoms with Crippen LogP contribution in [0.2, 0.25) is 104 Å². The highest BCUT2D eigenvalue weighted by Gasteiger charge is 2.41. The predicted molar refractivity (Wildman–Crippen MR) is 244 cm³/mol. The molecular formula is C38H80O14Si6. The molecule has 0 aromatic rings. The number of hydrogen-bond donors (Lipinski definition) is 0. The number of esters is 4. The van der Waals surface area contributed by atoms with E-state index < -0.39 is 86.5 Å². The molecule has 0 saturated carbocycles. The summed E-state index contributed by atoms with van der Waals surface area (Å²) in [5, 5.41) is 0. The highest BCUT2D eigenvalue weighted by molar-refractivity contribution is 6.88. The Bertz CT molecular complexity index is 1270. The Kier molecular flexibility index (Phi) is 26.9. The minimum absolute atomic E-state index is 0.0434. The summed E-state index contributed by atoms with van der Waals surface area (Å²) in [6.45, 7) is 44.4. The largest absolute Gasteiger partial charge is 0.462 e. The van der Waals surface area contributed by atoms with Gasteiger partial charge >= 0.3 is 41.0 Å². The maximum atomic E-state index is 11.7. The summed E-state index contributed by atoms with van der Waals surface area (Å²) in [6, 6.07) is 1.67. The summed E-state index contributed by atoms with van der Waals surface area (Å²) in [5.74, 6) is -1.93. The summed E-state index contributed by atoms with van der Waals surface area (Å²) in [4.78, 5) is 45.6. The number of hydrogen-bond acceptors (Lipinski definition) is 14. The van der Waals surface area contributed by atoms with Crippen molar-refractivity contribution < 1.29 is 64.1 Å². The molecule has 0 bridgehead atoms. The van der Waals surface area contributed by atoms with Crippen LogP contribution in [0.3, 0.4) is 0 Å². The monoisotopic (exact) mass is 928 g/mol. The van der Waals surface area contributed by atoms with Crippen molar-refractivity contribution in [1.82, 2.24) is 0 Å². The fraction of sp³-hybridized carbons (Fsp3) is 0.789. The third-order valence-corrected chi connectivity index (χ3v) is 25.9. The van der Waals surface area contributed by atoms with Gasteiger partial charge in [0.25, 0.3) is 0 Å². The Labute approximate surface area is 357 Å². The van der Waals surface area contributed by atoms with Crippen molar-refractivity contribution in [3.63, 3.8) is 0 Å². The van der Waals surface area contributed by atoms with Crippen LogP contribution in [0.15, 0.2) is 24.3 Å². The van der Waals surface area contributed by atoms with E-state index in [9.17, 15) is 19.2 Å². The highest BCUT2D eigenvalue weighted by Crippen LogP contribution is 2.27. The molecule has 340 valence electrons. The van der Waals surface area contributed by atoms with Crippen molar-refractivity contribution in [3.8, 4) is 0 Å². The second kappa shape index (κ2) is 26.7. The predicted octanol–water partition coefficient (Wildman–Crippen LogP) is 8.44. The van der Waals surface area contributed by atoms with Crippen LogP contribution in [0.5, 0.6) is 0 Å². The van der Waals surface area contributed by atoms with E-state index in [1.807, 2.05) is 0 Å². The van der Waals surface area contributed by atoms with E-state index in [-0.39, 0.29) is 32.0 Å². The second-order valence-corrected chi connectivity index (χ2v) is 44.4. The molecule has 14 nitrogen and oxygen atoms in total. The van der Waals surface area contributed by atoms with Crippen LogP contribution in [0.1, 0.15) is 40.5 Å². The number of carbonyl (C=O) groups is 4. The van der Waals surface area contributed by atoms with Gasteiger partial charge in [0.15, 0.2) is 45.5 Å². The molecule has 58 heavy (non-hydrogen) atoms. The van der Waals surface area contributed by atoms with Crippen LogP contribution >= 0.6 is 0 Å². The van der Waals surface area contributed by atoms with Gasteiger partial charge in [-0.15, -0.1) is 0 Å². The number of rotatable bonds is 28. The minimum Gasteiger partial charge on any atom is -0.462 e. The fourth-order valence-electron chi connectivity index (χ4n) is 5.48. The van der Waals surface area contributed by atoms with Crippen LogP contribution in [0.25, 0.3) is 0 Å². The molecule has 2 atom stereocenters. The average molecular weight is 930 g/mol. The molecular weight excluding hydrogens is 849 g/mol. The van der Waals surface area contributed by atoms with Gasteiger partial charge in [-0.1, -0.05) is 13.2 Å². The van der Waals surface area contributed by atoms with Crippen LogP contribution < -0.4 is 0 Å². The quantitative estimate of drug-likeness (QED) is 0.0242. The van der Waals surface area contributed by atoms with Gasteiger partial charge in [-0.25, -0.2) is 9.59 Å². The third kappa shape index (κ3) is 35.2. The lowest BCUT2D eigenvalue weighted by molar-refractivity contribution is -0.159. The molecule has 0 rings (SSSR count). The van der Waals surface area contributed by atoms with Gasteiger partial charge in [-0.05, 0) is 130 Å². The Morgan fingerprint density at radius 3 is 1.07 bits per heavy atom. The maximum Gasteiger partial charge on any atom is 0.333 e. The molecule has 0 fully saturated rings. The Morgan fingerprint density at radius 1 is 0.448 bits per heavy atom. The van der Waals surface area contributed by atoms with Gasteiger partial charge in [0.1, 0.15) is 13.2 Å². The van der Waals surface area contributed by atoms with Crippen molar-refractivity contribution in [2.75, 3.05) is 39.6 Å². The van der Waals surface area contributed by atoms with Crippen LogP contribution in [-0.2, 0) is 64.1 Å². The van der Waals surface area contributed by atoms with Crippen molar-refractivity contribution in [1.29, 1.82) is 0 Å². The maximum absolute atomic E-state index is 11.7. The standard InChI is InChI=1S/2C19H40O7Si3/c1-16(2)19(21)23-15-18(24-17(3)20)14-22-12-11-13-29(10,25-27(4,5)6)26-28(7,8)9;1-16(2)19(21)24-18(15-23-17(3)20)14-22-12-11-13-29(10,25-27(4,5)6)26-28(7,8)9/h2*18H,1,11-15H2,2-10H3. The first-order chi connectivity index (χ1) is 26.1. The topological polar surface area (TPSA) is 161 Å². The van der Waals surface area contributed by atoms with Crippen LogP contribution in [0.4, 0.5) is 0 Å². The summed E-state index contributed by atoms with van der Waals surface area (Å²) in [7, 11) is -11.5. The smallest absolute Gasteiger partial charge is 0.333 e. The van der Waals surface area contributed by atoms with Gasteiger partial charge in [0, 0.05) is 38.2 Å². The lowest BCUT2D eigenvalue weighted by atomic mass is 10.3. The second-order valence-electron chi connectivity index (χ2n) is 18.7. The molecule has 0 aliphatic carbocycles. The third-order valence-electron chi connectivity index (χ3n) is 6.71. The first-order valence-corrected chi connectivity index (χ1v) is 38.7. The van der Waals surface area contributed by atoms with Crippen molar-refractivity contribution in [2.45, 2.75) is 156 Å². The number of carbonyl (C=O) groups excluding carboxylic acids is 4. The lowest BCUT2D eigenvalue weighted by Crippen LogP contribution is -2.52. The lowest BCUT2D eigenvalue weighted by Gasteiger charge is -2.38. The molecule has 0 amide bonds. The Balaban J connectivity index is 0. The van der Waals surface area contributed by atoms with Gasteiger partial charge in [0.2, 0.25) is 0 Å². The summed E-state index contributed by atoms with van der Waals surface area (Å²) >= 11 is 0. The van der Waals surface area contributed by atoms with E-state index in [1.165, 1.54) is 13.8 Å². The molecule has 0 N–H and O–H groups in total. The zero-order chi connectivity index (χ0) is 45.8. The summed E-state index contributed by atoms with van der Waals surface area (Å²) in [6.07, 6.45) is 0.265. The van der Waals surface area contributed by atoms with E-state index in [0.29, 0.717) is 18.8 Å². The number of ether oxygens (including phenoxy) is 6. The van der Waals surface area contributed by atoms with Crippen LogP contribution in [-0.4, -0.2) is 126 Å². The van der Waals surface area contributed by atoms with Gasteiger partial charge < -0.3 is 44.9 Å². The van der Waals surface area contributed by atoms with E-state index >= 15 is 0 Å². The molecule has 0 aliphatic rings. The Hall–Kier alpha value is -1.58. The van der Waals surface area contributed by atoms with Crippen molar-refractivity contribution >= 4 is 74.3 Å². The molecule has 0 radical (unpaired) electrons. The molecule has 0 aromatic heterocycles. The molecule has 0 aromatic carbocycles. The first-order valence-electron chi connectivity index (χ1n) is 20.0. The highest BCUT2D eigenvalue weighted by atomic mass is 28.5. The molecule has 20 heteroatoms. The zero-order valence-corrected chi connectivity index (χ0v) is 45.4. The van der Waals surface area contributed by atoms with Gasteiger partial charge in [-0.2, -0.15) is 0 Å². The van der Waals surface area contributed by atoms with E-state index in [2.05, 4.69) is 105 Å². The molecule has 0 saturated heterocycles. The van der Waals surface area contributed by atoms with Gasteiger partial charge in [-0.3, -0.25) is 9.59 Å². The summed E-state index contributed by atoms with van der Waals surface area (Å²) < 4.78 is 57.7. The average Bonchev–Trinajstić information content (AvgIpc) is 2.97. The van der Waals surface area contributed by atoms with Crippen molar-refractivity contribution in [2.24, 2.45) is 0 Å². The SMILES string of the molecule is C=C(C)C(=O)OC(COCCC[Si](C)(O[Si](C)(C)C)O[Si](C)(C)C)COC(C)=O.C=C(C)C(=O)OCC(COCCC[Si](C)(O[Si](C)(C)C)O[Si](C)(C)C)OC(C)=O. The van der Waals surface area contributed by atoms with E-state index in [1.54, 1.807) is 13.8 Å². The fourth-order valence-corrected chi connectivity index (χ4v) is 30.5. The molecule has 0 spiro atoms. The molecule has 0 heterocycles. The molecule has 0 aliphatic heterocycles. The molecule has 2 unspecified atom stereocenters. The normalized spacial score (nSPS) is 13.7. The van der Waals surface area contributed by atoms with E-state index in [4.69, 9.17) is 44.9 Å².